The van der Waals surface area contributed by atoms with Crippen LogP contribution in [0.5, 0.6) is 0 Å². The molecule has 1 heterocycles. The monoisotopic (exact) mass is 275 g/mol. The fourth-order valence-electron chi connectivity index (χ4n) is 1.85. The summed E-state index contributed by atoms with van der Waals surface area (Å²) >= 11 is 0. The lowest BCUT2D eigenvalue weighted by Crippen LogP contribution is -2.10. The van der Waals surface area contributed by atoms with Crippen molar-refractivity contribution in [1.29, 1.82) is 0 Å². The average Bonchev–Trinajstić information content (AvgIpc) is 2.83. The molecule has 0 aliphatic heterocycles. The quantitative estimate of drug-likeness (QED) is 0.878. The second-order valence-corrected chi connectivity index (χ2v) is 5.98. The topological polar surface area (TPSA) is 71.2 Å². The summed E-state index contributed by atoms with van der Waals surface area (Å²) in [4.78, 5) is 4.42. The van der Waals surface area contributed by atoms with Crippen molar-refractivity contribution in [3.63, 3.8) is 0 Å². The van der Waals surface area contributed by atoms with Crippen LogP contribution in [-0.2, 0) is 6.42 Å². The van der Waals surface area contributed by atoms with Gasteiger partial charge in [-0.25, -0.2) is 0 Å². The third-order valence-electron chi connectivity index (χ3n) is 2.73. The maximum Gasteiger partial charge on any atom is 0.257 e. The lowest BCUT2D eigenvalue weighted by molar-refractivity contribution is 0.311. The van der Waals surface area contributed by atoms with Crippen LogP contribution in [0.1, 0.15) is 26.6 Å². The van der Waals surface area contributed by atoms with E-state index < -0.39 is 0 Å². The molecule has 20 heavy (non-hydrogen) atoms. The molecule has 5 nitrogen and oxygen atoms in total. The van der Waals surface area contributed by atoms with E-state index in [2.05, 4.69) is 36.2 Å². The van der Waals surface area contributed by atoms with Gasteiger partial charge in [-0.3, -0.25) is 0 Å². The highest BCUT2D eigenvalue weighted by molar-refractivity contribution is 5.58. The standard InChI is InChI=1S/C15H21N3O2/c1-15(2,3)10-13-17-14(20-18-13)11-4-6-12(7-5-11)16-8-9-19/h4-7,16,19H,8-10H2,1-3H3. The molecule has 1 aromatic heterocycles. The van der Waals surface area contributed by atoms with Crippen molar-refractivity contribution in [3.8, 4) is 11.5 Å². The predicted octanol–water partition coefficient (Wildman–Crippen LogP) is 2.73. The summed E-state index contributed by atoms with van der Waals surface area (Å²) in [6, 6.07) is 7.71. The number of nitrogens with one attached hydrogen (secondary N) is 1. The summed E-state index contributed by atoms with van der Waals surface area (Å²) in [5.74, 6) is 1.27. The van der Waals surface area contributed by atoms with Crippen LogP contribution in [-0.4, -0.2) is 28.4 Å². The first-order chi connectivity index (χ1) is 9.48. The number of anilines is 1. The molecule has 0 saturated heterocycles. The van der Waals surface area contributed by atoms with Gasteiger partial charge < -0.3 is 14.9 Å². The van der Waals surface area contributed by atoms with E-state index in [4.69, 9.17) is 9.63 Å². The Kier molecular flexibility index (Phi) is 4.39. The summed E-state index contributed by atoms with van der Waals surface area (Å²) in [6.45, 7) is 7.08. The summed E-state index contributed by atoms with van der Waals surface area (Å²) in [6.07, 6.45) is 0.784. The van der Waals surface area contributed by atoms with E-state index in [9.17, 15) is 0 Å². The maximum atomic E-state index is 8.76. The van der Waals surface area contributed by atoms with E-state index in [1.165, 1.54) is 0 Å². The molecule has 2 rings (SSSR count). The zero-order valence-electron chi connectivity index (χ0n) is 12.2. The van der Waals surface area contributed by atoms with Crippen LogP contribution >= 0.6 is 0 Å². The van der Waals surface area contributed by atoms with Crippen LogP contribution in [0.15, 0.2) is 28.8 Å². The van der Waals surface area contributed by atoms with Gasteiger partial charge in [0.05, 0.1) is 6.61 Å². The van der Waals surface area contributed by atoms with Crippen LogP contribution in [0, 0.1) is 5.41 Å². The van der Waals surface area contributed by atoms with Crippen molar-refractivity contribution < 1.29 is 9.63 Å². The Morgan fingerprint density at radius 2 is 1.90 bits per heavy atom. The SMILES string of the molecule is CC(C)(C)Cc1noc(-c2ccc(NCCO)cc2)n1. The van der Waals surface area contributed by atoms with Crippen molar-refractivity contribution in [3.05, 3.63) is 30.1 Å². The molecule has 0 radical (unpaired) electrons. The Hall–Kier alpha value is -1.88. The summed E-state index contributed by atoms with van der Waals surface area (Å²) < 4.78 is 5.30. The first-order valence-corrected chi connectivity index (χ1v) is 6.76. The molecule has 0 bridgehead atoms. The normalized spacial score (nSPS) is 11.6. The number of aliphatic hydroxyl groups is 1. The van der Waals surface area contributed by atoms with Gasteiger partial charge in [0.15, 0.2) is 5.82 Å². The van der Waals surface area contributed by atoms with Crippen molar-refractivity contribution in [2.75, 3.05) is 18.5 Å². The number of nitrogens with zero attached hydrogens (tertiary/aromatic N) is 2. The van der Waals surface area contributed by atoms with E-state index >= 15 is 0 Å². The van der Waals surface area contributed by atoms with Crippen LogP contribution in [0.3, 0.4) is 0 Å². The van der Waals surface area contributed by atoms with Crippen LogP contribution in [0.2, 0.25) is 0 Å². The van der Waals surface area contributed by atoms with Gasteiger partial charge >= 0.3 is 0 Å². The van der Waals surface area contributed by atoms with E-state index in [1.807, 2.05) is 24.3 Å². The number of aromatic nitrogens is 2. The van der Waals surface area contributed by atoms with Gasteiger partial charge in [0.1, 0.15) is 0 Å². The van der Waals surface area contributed by atoms with Crippen LogP contribution in [0.25, 0.3) is 11.5 Å². The molecule has 5 heteroatoms. The molecule has 108 valence electrons. The third-order valence-corrected chi connectivity index (χ3v) is 2.73. The molecule has 0 aliphatic rings. The molecular weight excluding hydrogens is 254 g/mol. The molecule has 2 N–H and O–H groups in total. The molecule has 0 fully saturated rings. The highest BCUT2D eigenvalue weighted by Gasteiger charge is 2.16. The minimum atomic E-state index is 0.113. The largest absolute Gasteiger partial charge is 0.395 e. The van der Waals surface area contributed by atoms with Gasteiger partial charge in [-0.1, -0.05) is 25.9 Å². The first kappa shape index (κ1) is 14.5. The average molecular weight is 275 g/mol. The Morgan fingerprint density at radius 3 is 2.50 bits per heavy atom. The summed E-state index contributed by atoms with van der Waals surface area (Å²) in [5, 5.41) is 15.9. The molecule has 2 aromatic rings. The zero-order chi connectivity index (χ0) is 14.6. The van der Waals surface area contributed by atoms with Crippen molar-refractivity contribution in [2.24, 2.45) is 5.41 Å². The minimum absolute atomic E-state index is 0.113. The van der Waals surface area contributed by atoms with Gasteiger partial charge in [0.25, 0.3) is 5.89 Å². The Morgan fingerprint density at radius 1 is 1.20 bits per heavy atom. The second kappa shape index (κ2) is 6.05. The van der Waals surface area contributed by atoms with Gasteiger partial charge in [0, 0.05) is 24.2 Å². The summed E-state index contributed by atoms with van der Waals surface area (Å²) in [5.41, 5.74) is 1.99. The van der Waals surface area contributed by atoms with Crippen molar-refractivity contribution >= 4 is 5.69 Å². The van der Waals surface area contributed by atoms with E-state index in [1.54, 1.807) is 0 Å². The predicted molar refractivity (Wildman–Crippen MR) is 78.5 cm³/mol. The number of hydrogen-bond donors (Lipinski definition) is 2. The van der Waals surface area contributed by atoms with Gasteiger partial charge in [0.2, 0.25) is 0 Å². The van der Waals surface area contributed by atoms with E-state index in [0.717, 1.165) is 23.5 Å². The van der Waals surface area contributed by atoms with Crippen molar-refractivity contribution in [2.45, 2.75) is 27.2 Å². The van der Waals surface area contributed by atoms with E-state index in [0.29, 0.717) is 12.4 Å². The van der Waals surface area contributed by atoms with Gasteiger partial charge in [-0.05, 0) is 29.7 Å². The molecule has 1 aromatic carbocycles. The molecule has 0 unspecified atom stereocenters. The first-order valence-electron chi connectivity index (χ1n) is 6.76. The highest BCUT2D eigenvalue weighted by Crippen LogP contribution is 2.23. The molecule has 0 saturated carbocycles. The lowest BCUT2D eigenvalue weighted by atomic mass is 9.92. The Balaban J connectivity index is 2.08. The lowest BCUT2D eigenvalue weighted by Gasteiger charge is -2.14. The maximum absolute atomic E-state index is 8.76. The molecular formula is C15H21N3O2. The number of hydrogen-bond acceptors (Lipinski definition) is 5. The number of benzene rings is 1. The smallest absolute Gasteiger partial charge is 0.257 e. The Bertz CT molecular complexity index is 541. The minimum Gasteiger partial charge on any atom is -0.395 e. The second-order valence-electron chi connectivity index (χ2n) is 5.98. The molecule has 0 aliphatic carbocycles. The molecule has 0 atom stereocenters. The number of rotatable bonds is 5. The zero-order valence-corrected chi connectivity index (χ0v) is 12.2. The van der Waals surface area contributed by atoms with Crippen LogP contribution in [0.4, 0.5) is 5.69 Å². The molecule has 0 amide bonds. The van der Waals surface area contributed by atoms with E-state index in [-0.39, 0.29) is 12.0 Å². The Labute approximate surface area is 119 Å². The van der Waals surface area contributed by atoms with Crippen LogP contribution < -0.4 is 5.32 Å². The van der Waals surface area contributed by atoms with Gasteiger partial charge in [-0.2, -0.15) is 4.98 Å². The fourth-order valence-corrected chi connectivity index (χ4v) is 1.85. The highest BCUT2D eigenvalue weighted by atomic mass is 16.5. The van der Waals surface area contributed by atoms with Crippen molar-refractivity contribution in [1.82, 2.24) is 10.1 Å². The number of aliphatic hydroxyl groups excluding tert-OH is 1. The summed E-state index contributed by atoms with van der Waals surface area (Å²) in [7, 11) is 0. The third kappa shape index (κ3) is 4.06. The fraction of sp³-hybridized carbons (Fsp3) is 0.467. The molecule has 0 spiro atoms. The van der Waals surface area contributed by atoms with Gasteiger partial charge in [-0.15, -0.1) is 0 Å².